The highest BCUT2D eigenvalue weighted by Crippen LogP contribution is 2.33. The number of hydrogen-bond donors (Lipinski definition) is 1. The normalized spacial score (nSPS) is 10.6. The van der Waals surface area contributed by atoms with Gasteiger partial charge in [0.1, 0.15) is 0 Å². The van der Waals surface area contributed by atoms with Crippen LogP contribution in [0, 0.1) is 0 Å². The molecule has 3 nitrogen and oxygen atoms in total. The summed E-state index contributed by atoms with van der Waals surface area (Å²) < 4.78 is 12.0. The Bertz CT molecular complexity index is 632. The highest BCUT2D eigenvalue weighted by atomic mass is 79.9. The third-order valence-corrected chi connectivity index (χ3v) is 4.44. The molecular formula is C18H21BrClNO2. The monoisotopic (exact) mass is 397 g/mol. The summed E-state index contributed by atoms with van der Waals surface area (Å²) in [5, 5.41) is 4.22. The summed E-state index contributed by atoms with van der Waals surface area (Å²) in [6, 6.07) is 11.9. The van der Waals surface area contributed by atoms with Gasteiger partial charge in [-0.2, -0.15) is 0 Å². The molecule has 0 aliphatic rings. The molecule has 2 aromatic carbocycles. The highest BCUT2D eigenvalue weighted by Gasteiger charge is 2.09. The van der Waals surface area contributed by atoms with Crippen LogP contribution < -0.4 is 14.8 Å². The van der Waals surface area contributed by atoms with Crippen molar-refractivity contribution >= 4 is 27.5 Å². The van der Waals surface area contributed by atoms with Gasteiger partial charge in [-0.25, -0.2) is 0 Å². The van der Waals surface area contributed by atoms with Crippen molar-refractivity contribution in [3.63, 3.8) is 0 Å². The van der Waals surface area contributed by atoms with Crippen molar-refractivity contribution < 1.29 is 9.47 Å². The number of ether oxygens (including phenoxy) is 2. The Morgan fingerprint density at radius 2 is 1.87 bits per heavy atom. The van der Waals surface area contributed by atoms with E-state index in [4.69, 9.17) is 21.1 Å². The van der Waals surface area contributed by atoms with E-state index in [0.717, 1.165) is 46.1 Å². The molecule has 0 bridgehead atoms. The Balaban J connectivity index is 1.91. The molecule has 0 aliphatic carbocycles. The molecule has 0 atom stereocenters. The van der Waals surface area contributed by atoms with Gasteiger partial charge in [0.05, 0.1) is 13.7 Å². The molecule has 0 fully saturated rings. The topological polar surface area (TPSA) is 30.5 Å². The average Bonchev–Trinajstić information content (AvgIpc) is 2.55. The number of methoxy groups -OCH3 is 1. The van der Waals surface area contributed by atoms with Crippen LogP contribution >= 0.6 is 27.5 Å². The summed E-state index contributed by atoms with van der Waals surface area (Å²) in [5.41, 5.74) is 2.41. The maximum Gasteiger partial charge on any atom is 0.162 e. The second-order valence-electron chi connectivity index (χ2n) is 5.08. The average molecular weight is 399 g/mol. The van der Waals surface area contributed by atoms with Crippen molar-refractivity contribution in [3.05, 3.63) is 57.0 Å². The summed E-state index contributed by atoms with van der Waals surface area (Å²) in [4.78, 5) is 0. The van der Waals surface area contributed by atoms with Crippen molar-refractivity contribution in [2.45, 2.75) is 19.9 Å². The van der Waals surface area contributed by atoms with Crippen molar-refractivity contribution in [3.8, 4) is 11.5 Å². The summed E-state index contributed by atoms with van der Waals surface area (Å²) >= 11 is 9.49. The molecule has 0 radical (unpaired) electrons. The predicted octanol–water partition coefficient (Wildman–Crippen LogP) is 4.84. The Morgan fingerprint density at radius 1 is 1.13 bits per heavy atom. The number of halogens is 2. The van der Waals surface area contributed by atoms with Crippen LogP contribution in [0.15, 0.2) is 40.9 Å². The van der Waals surface area contributed by atoms with Gasteiger partial charge in [0.2, 0.25) is 0 Å². The van der Waals surface area contributed by atoms with E-state index in [1.807, 2.05) is 31.2 Å². The van der Waals surface area contributed by atoms with Crippen LogP contribution in [0.2, 0.25) is 5.02 Å². The zero-order valence-electron chi connectivity index (χ0n) is 13.4. The van der Waals surface area contributed by atoms with Gasteiger partial charge in [-0.3, -0.25) is 0 Å². The smallest absolute Gasteiger partial charge is 0.162 e. The molecular weight excluding hydrogens is 378 g/mol. The summed E-state index contributed by atoms with van der Waals surface area (Å²) in [5.74, 6) is 1.51. The molecule has 23 heavy (non-hydrogen) atoms. The quantitative estimate of drug-likeness (QED) is 0.645. The van der Waals surface area contributed by atoms with Crippen molar-refractivity contribution in [1.29, 1.82) is 0 Å². The van der Waals surface area contributed by atoms with Crippen LogP contribution in [0.4, 0.5) is 0 Å². The van der Waals surface area contributed by atoms with Crippen LogP contribution in [0.1, 0.15) is 18.1 Å². The van der Waals surface area contributed by atoms with E-state index in [2.05, 4.69) is 33.4 Å². The van der Waals surface area contributed by atoms with E-state index < -0.39 is 0 Å². The molecule has 0 heterocycles. The fourth-order valence-electron chi connectivity index (χ4n) is 2.25. The molecule has 2 aromatic rings. The van der Waals surface area contributed by atoms with Crippen LogP contribution in [0.5, 0.6) is 11.5 Å². The molecule has 0 unspecified atom stereocenters. The number of rotatable bonds is 8. The zero-order valence-corrected chi connectivity index (χ0v) is 15.7. The SMILES string of the molecule is CCOc1cc(Br)c(CNCCc2ccc(Cl)cc2)cc1OC. The molecule has 124 valence electrons. The van der Waals surface area contributed by atoms with E-state index >= 15 is 0 Å². The van der Waals surface area contributed by atoms with E-state index in [9.17, 15) is 0 Å². The lowest BCUT2D eigenvalue weighted by molar-refractivity contribution is 0.310. The van der Waals surface area contributed by atoms with Gasteiger partial charge in [-0.15, -0.1) is 0 Å². The summed E-state index contributed by atoms with van der Waals surface area (Å²) in [7, 11) is 1.66. The zero-order chi connectivity index (χ0) is 16.7. The second-order valence-corrected chi connectivity index (χ2v) is 6.37. The first-order valence-corrected chi connectivity index (χ1v) is 8.75. The number of nitrogens with one attached hydrogen (secondary N) is 1. The van der Waals surface area contributed by atoms with Gasteiger partial charge >= 0.3 is 0 Å². The molecule has 5 heteroatoms. The van der Waals surface area contributed by atoms with Crippen LogP contribution in [0.3, 0.4) is 0 Å². The lowest BCUT2D eigenvalue weighted by Gasteiger charge is -2.13. The first kappa shape index (κ1) is 18.1. The Hall–Kier alpha value is -1.23. The lowest BCUT2D eigenvalue weighted by Crippen LogP contribution is -2.17. The molecule has 1 N–H and O–H groups in total. The minimum absolute atomic E-state index is 0.613. The van der Waals surface area contributed by atoms with E-state index in [-0.39, 0.29) is 0 Å². The Kier molecular flexibility index (Phi) is 7.21. The minimum atomic E-state index is 0.613. The molecule has 0 spiro atoms. The highest BCUT2D eigenvalue weighted by molar-refractivity contribution is 9.10. The van der Waals surface area contributed by atoms with Crippen molar-refractivity contribution in [2.75, 3.05) is 20.3 Å². The largest absolute Gasteiger partial charge is 0.493 e. The van der Waals surface area contributed by atoms with Gasteiger partial charge < -0.3 is 14.8 Å². The van der Waals surface area contributed by atoms with Crippen LogP contribution in [0.25, 0.3) is 0 Å². The second kappa shape index (κ2) is 9.16. The van der Waals surface area contributed by atoms with Gasteiger partial charge in [0.25, 0.3) is 0 Å². The number of benzene rings is 2. The van der Waals surface area contributed by atoms with Crippen molar-refractivity contribution in [2.24, 2.45) is 0 Å². The maximum atomic E-state index is 5.89. The van der Waals surface area contributed by atoms with E-state index in [0.29, 0.717) is 6.61 Å². The Morgan fingerprint density at radius 3 is 2.52 bits per heavy atom. The standard InChI is InChI=1S/C18H21BrClNO2/c1-3-23-18-11-16(19)14(10-17(18)22-2)12-21-9-8-13-4-6-15(20)7-5-13/h4-7,10-11,21H,3,8-9,12H2,1-2H3. The summed E-state index contributed by atoms with van der Waals surface area (Å²) in [6.45, 7) is 4.22. The molecule has 0 saturated carbocycles. The Labute approximate surface area is 151 Å². The van der Waals surface area contributed by atoms with Crippen molar-refractivity contribution in [1.82, 2.24) is 5.32 Å². The molecule has 0 aliphatic heterocycles. The third kappa shape index (κ3) is 5.41. The van der Waals surface area contributed by atoms with Crippen LogP contribution in [-0.4, -0.2) is 20.3 Å². The van der Waals surface area contributed by atoms with Gasteiger partial charge in [-0.1, -0.05) is 39.7 Å². The summed E-state index contributed by atoms with van der Waals surface area (Å²) in [6.07, 6.45) is 0.961. The minimum Gasteiger partial charge on any atom is -0.493 e. The fourth-order valence-corrected chi connectivity index (χ4v) is 2.84. The first-order chi connectivity index (χ1) is 11.1. The molecule has 0 saturated heterocycles. The maximum absolute atomic E-state index is 5.89. The van der Waals surface area contributed by atoms with Gasteiger partial charge in [-0.05, 0) is 55.3 Å². The number of hydrogen-bond acceptors (Lipinski definition) is 3. The van der Waals surface area contributed by atoms with E-state index in [1.54, 1.807) is 7.11 Å². The van der Waals surface area contributed by atoms with Gasteiger partial charge in [0, 0.05) is 16.0 Å². The first-order valence-electron chi connectivity index (χ1n) is 7.58. The lowest BCUT2D eigenvalue weighted by atomic mass is 10.1. The fraction of sp³-hybridized carbons (Fsp3) is 0.333. The molecule has 0 amide bonds. The molecule has 2 rings (SSSR count). The van der Waals surface area contributed by atoms with E-state index in [1.165, 1.54) is 5.56 Å². The van der Waals surface area contributed by atoms with Gasteiger partial charge in [0.15, 0.2) is 11.5 Å². The third-order valence-electron chi connectivity index (χ3n) is 3.45. The predicted molar refractivity (Wildman–Crippen MR) is 98.7 cm³/mol. The van der Waals surface area contributed by atoms with Crippen LogP contribution in [-0.2, 0) is 13.0 Å². The molecule has 0 aromatic heterocycles.